The summed E-state index contributed by atoms with van der Waals surface area (Å²) in [5.74, 6) is 0. The van der Waals surface area contributed by atoms with Crippen molar-refractivity contribution in [1.29, 1.82) is 0 Å². The van der Waals surface area contributed by atoms with Gasteiger partial charge in [-0.1, -0.05) is 313 Å². The van der Waals surface area contributed by atoms with E-state index in [9.17, 15) is 0 Å². The van der Waals surface area contributed by atoms with Gasteiger partial charge in [-0.05, 0) is 216 Å². The third-order valence-corrected chi connectivity index (χ3v) is 23.1. The Labute approximate surface area is 564 Å². The second-order valence-corrected chi connectivity index (χ2v) is 29.0. The normalized spacial score (nSPS) is 14.3. The van der Waals surface area contributed by atoms with Crippen molar-refractivity contribution in [3.63, 3.8) is 0 Å². The Bertz CT molecular complexity index is 4370. The highest BCUT2D eigenvalue weighted by atomic mass is 15.1. The Kier molecular flexibility index (Phi) is 18.2. The molecule has 1 heteroatoms. The summed E-state index contributed by atoms with van der Waals surface area (Å²) in [7, 11) is 0. The summed E-state index contributed by atoms with van der Waals surface area (Å²) in [5, 5.41) is 7.82. The van der Waals surface area contributed by atoms with Crippen molar-refractivity contribution in [1.82, 2.24) is 0 Å². The number of benzene rings is 11. The molecule has 0 N–H and O–H groups in total. The number of hydrogen-bond donors (Lipinski definition) is 0. The van der Waals surface area contributed by atoms with E-state index in [0.717, 1.165) is 12.8 Å². The number of hydrogen-bond acceptors (Lipinski definition) is 1. The number of unbranched alkanes of at least 4 members (excludes halogenated alkanes) is 10. The summed E-state index contributed by atoms with van der Waals surface area (Å²) in [6, 6.07) is 80.4. The third-order valence-electron chi connectivity index (χ3n) is 23.1. The van der Waals surface area contributed by atoms with Crippen LogP contribution in [0.3, 0.4) is 0 Å². The molecule has 0 heterocycles. The van der Waals surface area contributed by atoms with E-state index in [-0.39, 0.29) is 16.2 Å². The van der Waals surface area contributed by atoms with Crippen LogP contribution >= 0.6 is 0 Å². The molecular weight excluding hydrogens is 1130 g/mol. The molecule has 14 rings (SSSR count). The zero-order valence-electron chi connectivity index (χ0n) is 58.1. The van der Waals surface area contributed by atoms with Crippen LogP contribution in [-0.2, 0) is 16.2 Å². The number of anilines is 3. The lowest BCUT2D eigenvalue weighted by molar-refractivity contribution is 0.401. The van der Waals surface area contributed by atoms with Crippen LogP contribution in [0.2, 0.25) is 0 Å². The molecule has 3 aliphatic carbocycles. The van der Waals surface area contributed by atoms with E-state index in [2.05, 4.69) is 260 Å². The second-order valence-electron chi connectivity index (χ2n) is 29.0. The second kappa shape index (κ2) is 27.0. The van der Waals surface area contributed by atoms with E-state index in [4.69, 9.17) is 0 Å². The monoisotopic (exact) mass is 1230 g/mol. The van der Waals surface area contributed by atoms with Crippen molar-refractivity contribution >= 4 is 49.4 Å². The van der Waals surface area contributed by atoms with Gasteiger partial charge in [-0.3, -0.25) is 0 Å². The van der Waals surface area contributed by atoms with Crippen molar-refractivity contribution in [2.45, 2.75) is 213 Å². The minimum atomic E-state index is -0.182. The lowest BCUT2D eigenvalue weighted by atomic mass is 9.70. The van der Waals surface area contributed by atoms with Gasteiger partial charge in [-0.2, -0.15) is 0 Å². The van der Waals surface area contributed by atoms with Gasteiger partial charge in [0.25, 0.3) is 0 Å². The van der Waals surface area contributed by atoms with Gasteiger partial charge >= 0.3 is 0 Å². The first-order valence-corrected chi connectivity index (χ1v) is 37.2. The molecule has 0 amide bonds. The van der Waals surface area contributed by atoms with Crippen LogP contribution in [0, 0.1) is 13.8 Å². The van der Waals surface area contributed by atoms with E-state index in [1.54, 1.807) is 11.1 Å². The van der Waals surface area contributed by atoms with Crippen LogP contribution in [0.4, 0.5) is 17.1 Å². The molecule has 0 bridgehead atoms. The summed E-state index contributed by atoms with van der Waals surface area (Å²) in [6.07, 6.45) is 26.4. The zero-order valence-corrected chi connectivity index (χ0v) is 58.1. The summed E-state index contributed by atoms with van der Waals surface area (Å²) in [6.45, 7) is 18.9. The fourth-order valence-electron chi connectivity index (χ4n) is 18.5. The first kappa shape index (κ1) is 63.4. The molecule has 478 valence electrons. The topological polar surface area (TPSA) is 3.24 Å². The minimum Gasteiger partial charge on any atom is -0.310 e. The van der Waals surface area contributed by atoms with Gasteiger partial charge in [0, 0.05) is 33.3 Å². The molecule has 0 unspecified atom stereocenters. The SMILES string of the molecule is CCCCCCC1(CCCCCC)c2cc(-c3c4ccccc4c(-c4cccc5ccccc45)c4ccccc34)ccc2-c2ccc(N(c3ccc4c(c3)C(CCCC)(CCCC)c3cc(C)ccc3-4)c3ccc4c(c3)C(CCCC)(CCCC)c3cc(C)ccc3-4)cc21. The van der Waals surface area contributed by atoms with Gasteiger partial charge in [-0.25, -0.2) is 0 Å². The van der Waals surface area contributed by atoms with Crippen molar-refractivity contribution < 1.29 is 0 Å². The molecule has 0 aliphatic heterocycles. The maximum absolute atomic E-state index is 2.75. The van der Waals surface area contributed by atoms with E-state index >= 15 is 0 Å². The molecule has 0 saturated heterocycles. The van der Waals surface area contributed by atoms with Crippen LogP contribution in [0.25, 0.3) is 88.0 Å². The van der Waals surface area contributed by atoms with Gasteiger partial charge in [-0.15, -0.1) is 0 Å². The predicted molar refractivity (Wildman–Crippen MR) is 408 cm³/mol. The van der Waals surface area contributed by atoms with Gasteiger partial charge in [0.1, 0.15) is 0 Å². The molecule has 0 spiro atoms. The smallest absolute Gasteiger partial charge is 0.0465 e. The number of nitrogens with zero attached hydrogens (tertiary/aromatic N) is 1. The zero-order chi connectivity index (χ0) is 64.6. The summed E-state index contributed by atoms with van der Waals surface area (Å²) >= 11 is 0. The molecule has 0 aromatic heterocycles. The summed E-state index contributed by atoms with van der Waals surface area (Å²) in [5.41, 5.74) is 29.4. The average Bonchev–Trinajstić information content (AvgIpc) is 1.46. The Balaban J connectivity index is 1.00. The molecule has 1 nitrogen and oxygen atoms in total. The van der Waals surface area contributed by atoms with Crippen LogP contribution < -0.4 is 4.90 Å². The van der Waals surface area contributed by atoms with Crippen molar-refractivity contribution in [2.24, 2.45) is 0 Å². The molecule has 0 saturated carbocycles. The lowest BCUT2D eigenvalue weighted by Gasteiger charge is -2.36. The Morgan fingerprint density at radius 2 is 0.585 bits per heavy atom. The number of rotatable bonds is 27. The predicted octanol–water partition coefficient (Wildman–Crippen LogP) is 28.1. The fraction of sp³-hybridized carbons (Fsp3) is 0.355. The van der Waals surface area contributed by atoms with Gasteiger partial charge in [0.15, 0.2) is 0 Å². The maximum Gasteiger partial charge on any atom is 0.0465 e. The third kappa shape index (κ3) is 10.8. The molecular formula is C93H101N. The first-order chi connectivity index (χ1) is 46.1. The van der Waals surface area contributed by atoms with E-state index in [1.807, 2.05) is 0 Å². The summed E-state index contributed by atoms with van der Waals surface area (Å²) < 4.78 is 0. The van der Waals surface area contributed by atoms with Crippen LogP contribution in [0.15, 0.2) is 200 Å². The standard InChI is InChI=1S/C93H101N/c1-9-15-21-29-56-93(57-30-22-16-10-2)85-60-67(89-79-35-25-27-37-81(79)90(82-38-28-26-36-80(82)89)78-39-31-33-66-32-23-24-34-71(66)78)42-48-74(85)77-51-45-70(63-88(77)93)94(68-43-49-75-72-46-40-64(7)58-83(72)91(52-17-11-3,53-18-12-4)86(75)61-68)69-44-50-76-73-47-41-65(8)59-84(73)92(54-19-13-5,55-20-14-6)87(76)62-69/h23-28,31-51,58-63H,9-22,29-30,52-57H2,1-8H3. The highest BCUT2D eigenvalue weighted by molar-refractivity contribution is 6.23. The van der Waals surface area contributed by atoms with Gasteiger partial charge < -0.3 is 4.90 Å². The van der Waals surface area contributed by atoms with E-state index < -0.39 is 0 Å². The molecule has 11 aromatic carbocycles. The van der Waals surface area contributed by atoms with Gasteiger partial charge in [0.2, 0.25) is 0 Å². The minimum absolute atomic E-state index is 0.0480. The van der Waals surface area contributed by atoms with Crippen LogP contribution in [-0.4, -0.2) is 0 Å². The molecule has 0 radical (unpaired) electrons. The Morgan fingerprint density at radius 3 is 1.00 bits per heavy atom. The maximum atomic E-state index is 2.75. The fourth-order valence-corrected chi connectivity index (χ4v) is 18.5. The molecule has 0 fully saturated rings. The highest BCUT2D eigenvalue weighted by Gasteiger charge is 2.47. The van der Waals surface area contributed by atoms with Crippen LogP contribution in [0.5, 0.6) is 0 Å². The average molecular weight is 1230 g/mol. The number of aryl methyl sites for hydroxylation is 2. The lowest BCUT2D eigenvalue weighted by Crippen LogP contribution is -2.27. The van der Waals surface area contributed by atoms with E-state index in [0.29, 0.717) is 0 Å². The number of fused-ring (bicyclic) bond motifs is 12. The van der Waals surface area contributed by atoms with Crippen molar-refractivity contribution in [3.8, 4) is 55.6 Å². The van der Waals surface area contributed by atoms with Crippen LogP contribution in [0.1, 0.15) is 227 Å². The van der Waals surface area contributed by atoms with Gasteiger partial charge in [0.05, 0.1) is 0 Å². The molecule has 11 aromatic rings. The van der Waals surface area contributed by atoms with Crippen molar-refractivity contribution in [2.75, 3.05) is 4.90 Å². The molecule has 94 heavy (non-hydrogen) atoms. The molecule has 3 aliphatic rings. The largest absolute Gasteiger partial charge is 0.310 e. The summed E-state index contributed by atoms with van der Waals surface area (Å²) in [4.78, 5) is 2.75. The van der Waals surface area contributed by atoms with E-state index in [1.165, 1.54) is 267 Å². The Hall–Kier alpha value is -8.00. The highest BCUT2D eigenvalue weighted by Crippen LogP contribution is 2.61. The first-order valence-electron chi connectivity index (χ1n) is 37.2. The quantitative estimate of drug-likeness (QED) is 0.0366. The molecule has 0 atom stereocenters. The van der Waals surface area contributed by atoms with Crippen molar-refractivity contribution in [3.05, 3.63) is 245 Å². The Morgan fingerprint density at radius 1 is 0.255 bits per heavy atom.